The molecule has 0 saturated carbocycles. The summed E-state index contributed by atoms with van der Waals surface area (Å²) >= 11 is 0. The molecule has 3 atom stereocenters. The van der Waals surface area contributed by atoms with Crippen molar-refractivity contribution >= 4 is 16.6 Å². The number of fused-ring (bicyclic) bond motifs is 3. The van der Waals surface area contributed by atoms with Crippen molar-refractivity contribution in [1.82, 2.24) is 14.8 Å². The van der Waals surface area contributed by atoms with Gasteiger partial charge in [0.15, 0.2) is 0 Å². The number of likely N-dealkylation sites (tertiary alicyclic amines) is 1. The first-order chi connectivity index (χ1) is 18.7. The molecule has 2 aliphatic heterocycles. The van der Waals surface area contributed by atoms with Crippen LogP contribution < -0.4 is 5.32 Å². The number of anilines is 1. The molecule has 1 aromatic heterocycles. The summed E-state index contributed by atoms with van der Waals surface area (Å²) in [6, 6.07) is 8.28. The number of para-hydroxylation sites is 1. The highest BCUT2D eigenvalue weighted by atomic mass is 19.3. The standard InChI is InChI=1S/C29H35F5N4O/c1-18-12-22-21-7-2-3-8-25(21)36-27(22)28(38(18)16-29(33,34)17-39)26-23(31)13-20(14-24(26)32)35-19-6-4-10-37(15-19)11-5-9-30/h2-3,7-8,13-14,18-19,28,35-36,39H,4-6,9-12,15-17H2,1H3/t18-,19+,28-/m1/s1. The van der Waals surface area contributed by atoms with E-state index in [1.54, 1.807) is 6.92 Å². The summed E-state index contributed by atoms with van der Waals surface area (Å²) in [7, 11) is 0. The molecule has 2 aromatic carbocycles. The van der Waals surface area contributed by atoms with E-state index in [0.717, 1.165) is 35.9 Å². The van der Waals surface area contributed by atoms with Gasteiger partial charge in [0.25, 0.3) is 5.92 Å². The second-order valence-corrected chi connectivity index (χ2v) is 10.9. The van der Waals surface area contributed by atoms with Crippen molar-refractivity contribution in [2.24, 2.45) is 0 Å². The number of H-pyrrole nitrogens is 1. The number of piperidine rings is 1. The number of benzene rings is 2. The van der Waals surface area contributed by atoms with E-state index in [-0.39, 0.29) is 24.0 Å². The van der Waals surface area contributed by atoms with Crippen LogP contribution >= 0.6 is 0 Å². The number of alkyl halides is 3. The normalized spacial score (nSPS) is 22.8. The number of nitrogens with zero attached hydrogens (tertiary/aromatic N) is 2. The molecule has 1 fully saturated rings. The van der Waals surface area contributed by atoms with E-state index < -0.39 is 42.8 Å². The number of aliphatic hydroxyl groups excluding tert-OH is 1. The Bertz CT molecular complexity index is 1270. The summed E-state index contributed by atoms with van der Waals surface area (Å²) in [5.74, 6) is -5.10. The van der Waals surface area contributed by atoms with Crippen LogP contribution in [0.5, 0.6) is 0 Å². The van der Waals surface area contributed by atoms with Crippen LogP contribution in [0, 0.1) is 11.6 Å². The maximum atomic E-state index is 15.8. The average molecular weight is 551 g/mol. The highest BCUT2D eigenvalue weighted by Crippen LogP contribution is 2.43. The zero-order chi connectivity index (χ0) is 27.7. The molecule has 3 heterocycles. The first kappa shape index (κ1) is 27.9. The molecule has 0 aliphatic carbocycles. The van der Waals surface area contributed by atoms with Gasteiger partial charge in [-0.25, -0.2) is 17.6 Å². The van der Waals surface area contributed by atoms with Gasteiger partial charge in [0.05, 0.1) is 19.3 Å². The third kappa shape index (κ3) is 5.78. The molecule has 3 N–H and O–H groups in total. The summed E-state index contributed by atoms with van der Waals surface area (Å²) in [4.78, 5) is 6.77. The van der Waals surface area contributed by atoms with Crippen molar-refractivity contribution < 1.29 is 27.1 Å². The van der Waals surface area contributed by atoms with Gasteiger partial charge >= 0.3 is 0 Å². The molecule has 0 unspecified atom stereocenters. The van der Waals surface area contributed by atoms with E-state index in [1.165, 1.54) is 17.0 Å². The van der Waals surface area contributed by atoms with E-state index in [4.69, 9.17) is 0 Å². The molecule has 0 radical (unpaired) electrons. The Morgan fingerprint density at radius 3 is 2.62 bits per heavy atom. The van der Waals surface area contributed by atoms with Crippen LogP contribution in [0.4, 0.5) is 27.6 Å². The van der Waals surface area contributed by atoms with Gasteiger partial charge in [-0.1, -0.05) is 18.2 Å². The molecule has 0 bridgehead atoms. The minimum atomic E-state index is -3.44. The average Bonchev–Trinajstić information content (AvgIpc) is 3.27. The van der Waals surface area contributed by atoms with Crippen LogP contribution in [-0.4, -0.2) is 77.4 Å². The quantitative estimate of drug-likeness (QED) is 0.302. The number of halogens is 5. The number of nitrogens with one attached hydrogen (secondary N) is 2. The lowest BCUT2D eigenvalue weighted by atomic mass is 9.87. The number of rotatable bonds is 9. The van der Waals surface area contributed by atoms with Gasteiger partial charge in [0, 0.05) is 53.0 Å². The smallest absolute Gasteiger partial charge is 0.283 e. The topological polar surface area (TPSA) is 54.5 Å². The lowest BCUT2D eigenvalue weighted by Gasteiger charge is -2.42. The predicted molar refractivity (Wildman–Crippen MR) is 142 cm³/mol. The summed E-state index contributed by atoms with van der Waals surface area (Å²) in [6.45, 7) is 1.31. The van der Waals surface area contributed by atoms with E-state index in [1.807, 2.05) is 24.3 Å². The molecular weight excluding hydrogens is 515 g/mol. The second-order valence-electron chi connectivity index (χ2n) is 10.9. The fourth-order valence-corrected chi connectivity index (χ4v) is 6.21. The first-order valence-electron chi connectivity index (χ1n) is 13.6. The maximum Gasteiger partial charge on any atom is 0.283 e. The van der Waals surface area contributed by atoms with E-state index in [9.17, 15) is 18.3 Å². The van der Waals surface area contributed by atoms with Crippen molar-refractivity contribution in [3.8, 4) is 0 Å². The Morgan fingerprint density at radius 1 is 1.15 bits per heavy atom. The summed E-state index contributed by atoms with van der Waals surface area (Å²) in [5, 5.41) is 13.4. The predicted octanol–water partition coefficient (Wildman–Crippen LogP) is 5.65. The Morgan fingerprint density at radius 2 is 1.90 bits per heavy atom. The lowest BCUT2D eigenvalue weighted by molar-refractivity contribution is -0.0869. The van der Waals surface area contributed by atoms with Crippen LogP contribution in [0.3, 0.4) is 0 Å². The van der Waals surface area contributed by atoms with E-state index in [0.29, 0.717) is 31.6 Å². The van der Waals surface area contributed by atoms with Crippen molar-refractivity contribution in [3.05, 3.63) is 64.9 Å². The molecule has 2 aliphatic rings. The Labute approximate surface area is 225 Å². The van der Waals surface area contributed by atoms with Crippen molar-refractivity contribution in [3.63, 3.8) is 0 Å². The first-order valence-corrected chi connectivity index (χ1v) is 13.6. The fraction of sp³-hybridized carbons (Fsp3) is 0.517. The largest absolute Gasteiger partial charge is 0.390 e. The monoisotopic (exact) mass is 550 g/mol. The Hall–Kier alpha value is -2.69. The summed E-state index contributed by atoms with van der Waals surface area (Å²) < 4.78 is 73.3. The summed E-state index contributed by atoms with van der Waals surface area (Å²) in [5.41, 5.74) is 2.07. The maximum absolute atomic E-state index is 15.8. The molecule has 10 heteroatoms. The van der Waals surface area contributed by atoms with Gasteiger partial charge in [0.2, 0.25) is 0 Å². The molecular formula is C29H35F5N4O. The Kier molecular flexibility index (Phi) is 8.16. The fourth-order valence-electron chi connectivity index (χ4n) is 6.21. The highest BCUT2D eigenvalue weighted by Gasteiger charge is 2.43. The van der Waals surface area contributed by atoms with Crippen molar-refractivity contribution in [1.29, 1.82) is 0 Å². The SMILES string of the molecule is C[C@@H]1Cc2c([nH]c3ccccc23)[C@@H](c2c(F)cc(N[C@H]3CCCN(CCCF)C3)cc2F)N1CC(F)(F)CO. The number of hydrogen-bond donors (Lipinski definition) is 3. The minimum Gasteiger partial charge on any atom is -0.390 e. The zero-order valence-electron chi connectivity index (χ0n) is 22.0. The van der Waals surface area contributed by atoms with Crippen LogP contribution in [0.1, 0.15) is 49.0 Å². The van der Waals surface area contributed by atoms with Crippen LogP contribution in [0.25, 0.3) is 10.9 Å². The van der Waals surface area contributed by atoms with Crippen LogP contribution in [0.2, 0.25) is 0 Å². The number of aromatic nitrogens is 1. The number of aliphatic hydroxyl groups is 1. The number of hydrogen-bond acceptors (Lipinski definition) is 4. The second kappa shape index (κ2) is 11.4. The van der Waals surface area contributed by atoms with Crippen LogP contribution in [0.15, 0.2) is 36.4 Å². The van der Waals surface area contributed by atoms with Crippen LogP contribution in [-0.2, 0) is 6.42 Å². The van der Waals surface area contributed by atoms with Crippen molar-refractivity contribution in [2.75, 3.05) is 44.8 Å². The van der Waals surface area contributed by atoms with Gasteiger partial charge in [-0.15, -0.1) is 0 Å². The van der Waals surface area contributed by atoms with E-state index in [2.05, 4.69) is 15.2 Å². The lowest BCUT2D eigenvalue weighted by Crippen LogP contribution is -2.49. The molecule has 3 aromatic rings. The Balaban J connectivity index is 1.50. The van der Waals surface area contributed by atoms with E-state index >= 15 is 8.78 Å². The third-order valence-corrected chi connectivity index (χ3v) is 8.00. The van der Waals surface area contributed by atoms with Gasteiger partial charge in [-0.05, 0) is 62.9 Å². The zero-order valence-corrected chi connectivity index (χ0v) is 22.0. The molecule has 212 valence electrons. The highest BCUT2D eigenvalue weighted by molar-refractivity contribution is 5.85. The van der Waals surface area contributed by atoms with Gasteiger partial charge in [-0.3, -0.25) is 9.29 Å². The molecule has 5 nitrogen and oxygen atoms in total. The molecule has 0 amide bonds. The van der Waals surface area contributed by atoms with Gasteiger partial charge in [0.1, 0.15) is 18.2 Å². The van der Waals surface area contributed by atoms with Gasteiger partial charge in [-0.2, -0.15) is 0 Å². The minimum absolute atomic E-state index is 0.0437. The number of aromatic amines is 1. The summed E-state index contributed by atoms with van der Waals surface area (Å²) in [6.07, 6.45) is 2.58. The van der Waals surface area contributed by atoms with Gasteiger partial charge < -0.3 is 20.3 Å². The molecule has 0 spiro atoms. The molecule has 1 saturated heterocycles. The molecule has 39 heavy (non-hydrogen) atoms. The third-order valence-electron chi connectivity index (χ3n) is 8.00. The van der Waals surface area contributed by atoms with Crippen molar-refractivity contribution in [2.45, 2.75) is 56.7 Å². The molecule has 5 rings (SSSR count).